The molecule has 6 heterocycles. The minimum Gasteiger partial charge on any atom is -0.458 e. The molecule has 0 aromatic rings. The lowest BCUT2D eigenvalue weighted by atomic mass is 9.46. The van der Waals surface area contributed by atoms with Crippen molar-refractivity contribution in [3.8, 4) is 0 Å². The van der Waals surface area contributed by atoms with Crippen molar-refractivity contribution in [2.45, 2.75) is 93.3 Å². The van der Waals surface area contributed by atoms with E-state index in [1.54, 1.807) is 13.0 Å². The van der Waals surface area contributed by atoms with Crippen LogP contribution in [0.4, 0.5) is 0 Å². The number of Topliss-reactive ketones (excluding diaryl/α,β-unsaturated/α-hetero) is 1. The van der Waals surface area contributed by atoms with Gasteiger partial charge in [-0.05, 0) is 63.4 Å². The molecule has 10 heteroatoms. The number of fused-ring (bicyclic) bond motifs is 4. The molecular weight excluding hydrogens is 496 g/mol. The van der Waals surface area contributed by atoms with Crippen LogP contribution in [-0.4, -0.2) is 75.6 Å². The highest BCUT2D eigenvalue weighted by Gasteiger charge is 2.94. The highest BCUT2D eigenvalue weighted by molar-refractivity contribution is 6.00. The number of ketones is 2. The fourth-order valence-corrected chi connectivity index (χ4v) is 10.9. The summed E-state index contributed by atoms with van der Waals surface area (Å²) in [5.41, 5.74) is -8.23. The Labute approximate surface area is 218 Å². The molecule has 8 fully saturated rings. The molecule has 0 aromatic carbocycles. The number of carbonyl (C=O) groups excluding carboxylic acids is 4. The van der Waals surface area contributed by atoms with Gasteiger partial charge in [0.15, 0.2) is 28.4 Å². The summed E-state index contributed by atoms with van der Waals surface area (Å²) in [7, 11) is 0. The SMILES string of the molecule is CC12OC(=O)[C@@]3(O)CCC4C(C[C@H]5O[C@]56CC=CC(=O)[C@]46C)C45OC[C@H]6C(=O)O[C@@H]1C[C@@]6(C)[C@H](C4=O)C23O5. The first kappa shape index (κ1) is 22.7. The Bertz CT molecular complexity index is 1340. The van der Waals surface area contributed by atoms with E-state index in [4.69, 9.17) is 23.7 Å². The predicted molar refractivity (Wildman–Crippen MR) is 122 cm³/mol. The van der Waals surface area contributed by atoms with E-state index in [-0.39, 0.29) is 43.5 Å². The van der Waals surface area contributed by atoms with Gasteiger partial charge in [0.25, 0.3) is 0 Å². The molecule has 13 atom stereocenters. The lowest BCUT2D eigenvalue weighted by Gasteiger charge is -2.63. The maximum absolute atomic E-state index is 14.9. The fourth-order valence-electron chi connectivity index (χ4n) is 10.9. The molecule has 3 spiro atoms. The van der Waals surface area contributed by atoms with Gasteiger partial charge in [-0.15, -0.1) is 0 Å². The van der Waals surface area contributed by atoms with Gasteiger partial charge in [0.2, 0.25) is 5.79 Å². The highest BCUT2D eigenvalue weighted by atomic mass is 16.8. The molecule has 38 heavy (non-hydrogen) atoms. The fraction of sp³-hybridized carbons (Fsp3) is 0.786. The van der Waals surface area contributed by atoms with Crippen molar-refractivity contribution >= 4 is 23.5 Å². The number of carbonyl (C=O) groups is 4. The van der Waals surface area contributed by atoms with E-state index in [0.717, 1.165) is 0 Å². The summed E-state index contributed by atoms with van der Waals surface area (Å²) in [5.74, 6) is -6.56. The van der Waals surface area contributed by atoms with Crippen molar-refractivity contribution in [1.29, 1.82) is 0 Å². The van der Waals surface area contributed by atoms with Crippen molar-refractivity contribution in [2.24, 2.45) is 34.5 Å². The average molecular weight is 527 g/mol. The third-order valence-electron chi connectivity index (χ3n) is 12.9. The second kappa shape index (κ2) is 5.82. The average Bonchev–Trinajstić information content (AvgIpc) is 3.45. The van der Waals surface area contributed by atoms with Gasteiger partial charge in [-0.2, -0.15) is 0 Å². The van der Waals surface area contributed by atoms with Crippen LogP contribution in [0.15, 0.2) is 12.2 Å². The number of epoxide rings is 1. The smallest absolute Gasteiger partial charge is 0.342 e. The molecule has 10 nitrogen and oxygen atoms in total. The molecule has 0 radical (unpaired) electrons. The monoisotopic (exact) mass is 526 g/mol. The van der Waals surface area contributed by atoms with Crippen LogP contribution in [-0.2, 0) is 42.9 Å². The lowest BCUT2D eigenvalue weighted by molar-refractivity contribution is -0.375. The van der Waals surface area contributed by atoms with Crippen LogP contribution in [0.25, 0.3) is 0 Å². The zero-order chi connectivity index (χ0) is 26.5. The Balaban J connectivity index is 1.34. The first-order valence-corrected chi connectivity index (χ1v) is 13.8. The molecule has 9 aliphatic rings. The van der Waals surface area contributed by atoms with Crippen LogP contribution >= 0.6 is 0 Å². The predicted octanol–water partition coefficient (Wildman–Crippen LogP) is 0.768. The molecule has 0 aromatic heterocycles. The molecule has 3 aliphatic carbocycles. The zero-order valence-corrected chi connectivity index (χ0v) is 21.5. The lowest BCUT2D eigenvalue weighted by Crippen LogP contribution is -2.79. The van der Waals surface area contributed by atoms with E-state index in [2.05, 4.69) is 0 Å². The first-order chi connectivity index (χ1) is 17.9. The Morgan fingerprint density at radius 1 is 1.05 bits per heavy atom. The third-order valence-corrected chi connectivity index (χ3v) is 12.9. The van der Waals surface area contributed by atoms with Crippen molar-refractivity contribution in [3.05, 3.63) is 12.2 Å². The van der Waals surface area contributed by atoms with E-state index >= 15 is 0 Å². The summed E-state index contributed by atoms with van der Waals surface area (Å²) >= 11 is 0. The van der Waals surface area contributed by atoms with E-state index in [1.807, 2.05) is 19.9 Å². The molecule has 2 saturated carbocycles. The van der Waals surface area contributed by atoms with Gasteiger partial charge in [-0.1, -0.05) is 13.0 Å². The van der Waals surface area contributed by atoms with Crippen LogP contribution in [0.2, 0.25) is 0 Å². The molecular formula is C28H30O10. The number of hydrogen-bond donors (Lipinski definition) is 1. The maximum Gasteiger partial charge on any atom is 0.342 e. The van der Waals surface area contributed by atoms with Crippen molar-refractivity contribution in [1.82, 2.24) is 0 Å². The summed E-state index contributed by atoms with van der Waals surface area (Å²) in [6.07, 6.45) is 3.82. The van der Waals surface area contributed by atoms with Gasteiger partial charge < -0.3 is 28.8 Å². The van der Waals surface area contributed by atoms with Crippen molar-refractivity contribution < 1.29 is 48.0 Å². The van der Waals surface area contributed by atoms with Crippen LogP contribution in [0.3, 0.4) is 0 Å². The zero-order valence-electron chi connectivity index (χ0n) is 21.5. The van der Waals surface area contributed by atoms with Crippen LogP contribution in [0.5, 0.6) is 0 Å². The summed E-state index contributed by atoms with van der Waals surface area (Å²) in [6, 6.07) is 0. The van der Waals surface area contributed by atoms with Gasteiger partial charge >= 0.3 is 11.9 Å². The summed E-state index contributed by atoms with van der Waals surface area (Å²) in [4.78, 5) is 55.6. The number of rotatable bonds is 0. The standard InChI is InChI=1S/C28H30O10/c1-22-10-17-24(3)28-18(22)19(30)27(38-28,34-11-14(22)20(31)35-17)13-9-16-26(36-16)7-4-5-15(29)23(26,2)12(13)6-8-25(28,33)21(32)37-24/h4-5,12-14,16-18,33H,6-11H2,1-3H3/t12?,13?,14-,16+,17+,18-,22+,23-,24?,25-,26+,27?,28?/m0/s1. The summed E-state index contributed by atoms with van der Waals surface area (Å²) in [6.45, 7) is 5.27. The molecule has 202 valence electrons. The number of hydrogen-bond acceptors (Lipinski definition) is 10. The normalized spacial score (nSPS) is 64.1. The maximum atomic E-state index is 14.9. The minimum atomic E-state index is -2.19. The topological polar surface area (TPSA) is 138 Å². The Hall–Kier alpha value is -2.14. The molecule has 0 amide bonds. The van der Waals surface area contributed by atoms with E-state index in [9.17, 15) is 24.3 Å². The van der Waals surface area contributed by atoms with Gasteiger partial charge in [0, 0.05) is 5.92 Å². The van der Waals surface area contributed by atoms with Gasteiger partial charge in [0.05, 0.1) is 30.0 Å². The highest BCUT2D eigenvalue weighted by Crippen LogP contribution is 2.77. The van der Waals surface area contributed by atoms with Gasteiger partial charge in [-0.3, -0.25) is 14.4 Å². The van der Waals surface area contributed by atoms with E-state index < -0.39 is 80.7 Å². The molecule has 5 bridgehead atoms. The Morgan fingerprint density at radius 2 is 1.84 bits per heavy atom. The van der Waals surface area contributed by atoms with Gasteiger partial charge in [0.1, 0.15) is 11.7 Å². The quantitative estimate of drug-likeness (QED) is 0.356. The third kappa shape index (κ3) is 1.79. The number of aliphatic hydroxyl groups is 1. The van der Waals surface area contributed by atoms with Crippen molar-refractivity contribution in [3.63, 3.8) is 0 Å². The molecule has 6 aliphatic heterocycles. The first-order valence-electron chi connectivity index (χ1n) is 13.8. The van der Waals surface area contributed by atoms with Crippen LogP contribution in [0, 0.1) is 34.5 Å². The Kier molecular flexibility index (Phi) is 3.47. The van der Waals surface area contributed by atoms with Crippen molar-refractivity contribution in [2.75, 3.05) is 6.61 Å². The molecule has 5 unspecified atom stereocenters. The minimum absolute atomic E-state index is 0.0583. The molecule has 9 rings (SSSR count). The Morgan fingerprint density at radius 3 is 2.63 bits per heavy atom. The number of esters is 2. The molecule has 1 N–H and O–H groups in total. The largest absolute Gasteiger partial charge is 0.458 e. The van der Waals surface area contributed by atoms with E-state index in [0.29, 0.717) is 12.8 Å². The second-order valence-corrected chi connectivity index (χ2v) is 13.8. The number of allylic oxidation sites excluding steroid dienone is 1. The summed E-state index contributed by atoms with van der Waals surface area (Å²) < 4.78 is 31.5. The molecule has 6 saturated heterocycles. The summed E-state index contributed by atoms with van der Waals surface area (Å²) in [5, 5.41) is 12.4. The second-order valence-electron chi connectivity index (χ2n) is 13.8. The number of ether oxygens (including phenoxy) is 5. The van der Waals surface area contributed by atoms with Crippen LogP contribution in [0.1, 0.15) is 52.9 Å². The van der Waals surface area contributed by atoms with Gasteiger partial charge in [-0.25, -0.2) is 4.79 Å². The van der Waals surface area contributed by atoms with E-state index in [1.165, 1.54) is 0 Å². The van der Waals surface area contributed by atoms with Crippen LogP contribution < -0.4 is 0 Å².